The van der Waals surface area contributed by atoms with Gasteiger partial charge in [-0.1, -0.05) is 32.6 Å². The van der Waals surface area contributed by atoms with Crippen molar-refractivity contribution in [1.82, 2.24) is 0 Å². The Labute approximate surface area is 87.9 Å². The fraction of sp³-hybridized carbons (Fsp3) is 1.00. The molecule has 0 spiro atoms. The second-order valence-corrected chi connectivity index (χ2v) is 8.80. The molecule has 0 aromatic rings. The summed E-state index contributed by atoms with van der Waals surface area (Å²) < 4.78 is 6.07. The van der Waals surface area contributed by atoms with E-state index < -0.39 is 8.32 Å². The minimum Gasteiger partial charge on any atom is -0.416 e. The molecule has 0 unspecified atom stereocenters. The molecule has 0 aromatic heterocycles. The van der Waals surface area contributed by atoms with Crippen molar-refractivity contribution in [2.75, 3.05) is 12.1 Å². The fourth-order valence-electron chi connectivity index (χ4n) is 1.95. The molecule has 1 heterocycles. The molecule has 0 bridgehead atoms. The molecule has 0 aromatic carbocycles. The predicted molar refractivity (Wildman–Crippen MR) is 60.8 cm³/mol. The molecule has 0 radical (unpaired) electrons. The molecule has 0 aliphatic carbocycles. The number of hydrogen-bond acceptors (Lipinski definition) is 1. The quantitative estimate of drug-likeness (QED) is 0.390. The highest BCUT2D eigenvalue weighted by molar-refractivity contribution is 6.80. The summed E-state index contributed by atoms with van der Waals surface area (Å²) in [5, 5.41) is 0. The van der Waals surface area contributed by atoms with Crippen LogP contribution in [0.1, 0.15) is 39.0 Å². The topological polar surface area (TPSA) is 9.23 Å². The van der Waals surface area contributed by atoms with Gasteiger partial charge in [0.25, 0.3) is 0 Å². The largest absolute Gasteiger partial charge is 0.416 e. The zero-order valence-corrected chi connectivity index (χ0v) is 10.4. The van der Waals surface area contributed by atoms with E-state index in [4.69, 9.17) is 16.0 Å². The van der Waals surface area contributed by atoms with Crippen LogP contribution in [0.15, 0.2) is 0 Å². The third-order valence-corrected chi connectivity index (χ3v) is 8.21. The monoisotopic (exact) mass is 220 g/mol. The van der Waals surface area contributed by atoms with E-state index in [1.165, 1.54) is 44.2 Å². The highest BCUT2D eigenvalue weighted by atomic mass is 35.5. The van der Waals surface area contributed by atoms with E-state index in [0.29, 0.717) is 0 Å². The van der Waals surface area contributed by atoms with Crippen LogP contribution in [0.2, 0.25) is 12.1 Å². The van der Waals surface area contributed by atoms with E-state index in [1.807, 2.05) is 0 Å². The lowest BCUT2D eigenvalue weighted by Gasteiger charge is -2.32. The van der Waals surface area contributed by atoms with Crippen LogP contribution in [0.4, 0.5) is 0 Å². The van der Waals surface area contributed by atoms with Crippen LogP contribution in [0, 0.1) is 0 Å². The van der Waals surface area contributed by atoms with Gasteiger partial charge in [-0.25, -0.2) is 0 Å². The lowest BCUT2D eigenvalue weighted by Crippen LogP contribution is -2.43. The van der Waals surface area contributed by atoms with E-state index in [-0.39, 0.29) is 0 Å². The van der Waals surface area contributed by atoms with Gasteiger partial charge in [0.1, 0.15) is 0 Å². The SMILES string of the molecule is CCCCO[Si]1(CCl)CCCCC1. The first kappa shape index (κ1) is 11.5. The van der Waals surface area contributed by atoms with E-state index in [2.05, 4.69) is 6.92 Å². The van der Waals surface area contributed by atoms with E-state index in [9.17, 15) is 0 Å². The molecular formula is C10H21ClOSi. The Balaban J connectivity index is 2.29. The summed E-state index contributed by atoms with van der Waals surface area (Å²) in [6.07, 6.45) is 6.53. The standard InChI is InChI=1S/C10H21ClOSi/c1-2-3-7-12-13(10-11)8-5-4-6-9-13/h2-10H2,1H3. The molecule has 3 heteroatoms. The van der Waals surface area contributed by atoms with Gasteiger partial charge in [0.2, 0.25) is 8.32 Å². The zero-order valence-electron chi connectivity index (χ0n) is 8.65. The molecule has 0 amide bonds. The highest BCUT2D eigenvalue weighted by Gasteiger charge is 2.35. The van der Waals surface area contributed by atoms with Gasteiger partial charge in [0.15, 0.2) is 0 Å². The molecular weight excluding hydrogens is 200 g/mol. The summed E-state index contributed by atoms with van der Waals surface area (Å²) in [5.41, 5.74) is 0.816. The summed E-state index contributed by atoms with van der Waals surface area (Å²) in [5.74, 6) is 0. The Morgan fingerprint density at radius 3 is 2.46 bits per heavy atom. The van der Waals surface area contributed by atoms with Crippen molar-refractivity contribution in [3.8, 4) is 0 Å². The minimum absolute atomic E-state index is 0.816. The Kier molecular flexibility index (Phi) is 5.37. The van der Waals surface area contributed by atoms with Gasteiger partial charge in [-0.15, -0.1) is 11.6 Å². The Morgan fingerprint density at radius 1 is 1.23 bits per heavy atom. The van der Waals surface area contributed by atoms with Gasteiger partial charge in [0, 0.05) is 12.1 Å². The van der Waals surface area contributed by atoms with Crippen molar-refractivity contribution in [2.24, 2.45) is 0 Å². The maximum Gasteiger partial charge on any atom is 0.207 e. The van der Waals surface area contributed by atoms with Crippen LogP contribution in [0.5, 0.6) is 0 Å². The van der Waals surface area contributed by atoms with Gasteiger partial charge < -0.3 is 4.43 Å². The van der Waals surface area contributed by atoms with Crippen LogP contribution in [-0.4, -0.2) is 20.4 Å². The summed E-state index contributed by atoms with van der Waals surface area (Å²) in [4.78, 5) is 0. The Morgan fingerprint density at radius 2 is 1.92 bits per heavy atom. The minimum atomic E-state index is -1.43. The summed E-state index contributed by atoms with van der Waals surface area (Å²) in [6.45, 7) is 3.16. The predicted octanol–water partition coefficient (Wildman–Crippen LogP) is 3.71. The molecule has 1 nitrogen and oxygen atoms in total. The first-order valence-electron chi connectivity index (χ1n) is 5.53. The number of halogens is 1. The van der Waals surface area contributed by atoms with Crippen molar-refractivity contribution in [1.29, 1.82) is 0 Å². The van der Waals surface area contributed by atoms with Crippen molar-refractivity contribution in [3.05, 3.63) is 0 Å². The molecule has 1 aliphatic heterocycles. The fourth-order valence-corrected chi connectivity index (χ4v) is 6.23. The smallest absolute Gasteiger partial charge is 0.207 e. The second-order valence-electron chi connectivity index (χ2n) is 4.08. The van der Waals surface area contributed by atoms with E-state index in [0.717, 1.165) is 12.1 Å². The van der Waals surface area contributed by atoms with Crippen molar-refractivity contribution < 1.29 is 4.43 Å². The molecule has 1 saturated heterocycles. The van der Waals surface area contributed by atoms with Crippen molar-refractivity contribution in [3.63, 3.8) is 0 Å². The number of rotatable bonds is 5. The van der Waals surface area contributed by atoms with Gasteiger partial charge in [-0.2, -0.15) is 0 Å². The van der Waals surface area contributed by atoms with Crippen LogP contribution in [0.3, 0.4) is 0 Å². The summed E-state index contributed by atoms with van der Waals surface area (Å²) in [7, 11) is -1.43. The lowest BCUT2D eigenvalue weighted by molar-refractivity contribution is 0.287. The Bertz CT molecular complexity index is 135. The summed E-state index contributed by atoms with van der Waals surface area (Å²) in [6, 6.07) is 2.61. The molecule has 78 valence electrons. The van der Waals surface area contributed by atoms with Gasteiger partial charge in [-0.3, -0.25) is 0 Å². The maximum absolute atomic E-state index is 6.07. The molecule has 1 fully saturated rings. The average molecular weight is 221 g/mol. The van der Waals surface area contributed by atoms with Crippen molar-refractivity contribution >= 4 is 19.9 Å². The van der Waals surface area contributed by atoms with E-state index in [1.54, 1.807) is 0 Å². The molecule has 1 aliphatic rings. The van der Waals surface area contributed by atoms with Gasteiger partial charge in [0.05, 0.1) is 0 Å². The van der Waals surface area contributed by atoms with E-state index >= 15 is 0 Å². The van der Waals surface area contributed by atoms with Gasteiger partial charge in [-0.05, 0) is 18.5 Å². The van der Waals surface area contributed by atoms with Gasteiger partial charge >= 0.3 is 0 Å². The number of alkyl halides is 1. The number of hydrogen-bond donors (Lipinski definition) is 0. The van der Waals surface area contributed by atoms with Crippen LogP contribution in [-0.2, 0) is 4.43 Å². The Hall–Kier alpha value is 0.467. The van der Waals surface area contributed by atoms with Crippen LogP contribution >= 0.6 is 11.6 Å². The molecule has 1 rings (SSSR count). The first-order chi connectivity index (χ1) is 6.33. The van der Waals surface area contributed by atoms with Crippen molar-refractivity contribution in [2.45, 2.75) is 51.1 Å². The molecule has 13 heavy (non-hydrogen) atoms. The highest BCUT2D eigenvalue weighted by Crippen LogP contribution is 2.30. The summed E-state index contributed by atoms with van der Waals surface area (Å²) >= 11 is 6.05. The lowest BCUT2D eigenvalue weighted by atomic mass is 10.3. The second kappa shape index (κ2) is 6.05. The maximum atomic E-state index is 6.07. The van der Waals surface area contributed by atoms with Crippen LogP contribution < -0.4 is 0 Å². The number of unbranched alkanes of at least 4 members (excludes halogenated alkanes) is 1. The zero-order chi connectivity index (χ0) is 9.57. The van der Waals surface area contributed by atoms with Crippen LogP contribution in [0.25, 0.3) is 0 Å². The molecule has 0 atom stereocenters. The molecule has 0 N–H and O–H groups in total. The third-order valence-electron chi connectivity index (χ3n) is 2.91. The third kappa shape index (κ3) is 3.60. The normalized spacial score (nSPS) is 21.7. The average Bonchev–Trinajstić information content (AvgIpc) is 2.20. The first-order valence-corrected chi connectivity index (χ1v) is 8.59. The molecule has 0 saturated carbocycles.